The second kappa shape index (κ2) is 10.6. The van der Waals surface area contributed by atoms with Crippen molar-refractivity contribution in [1.82, 2.24) is 0 Å². The fraction of sp³-hybridized carbons (Fsp3) is 0.0833. The van der Waals surface area contributed by atoms with Crippen molar-refractivity contribution in [3.8, 4) is 17.6 Å². The number of rotatable bonds is 7. The Kier molecular flexibility index (Phi) is 7.58. The van der Waals surface area contributed by atoms with E-state index >= 15 is 0 Å². The van der Waals surface area contributed by atoms with E-state index in [1.54, 1.807) is 24.3 Å². The molecule has 0 aromatic heterocycles. The number of hydrogen-bond donors (Lipinski definition) is 1. The van der Waals surface area contributed by atoms with Gasteiger partial charge >= 0.3 is 0 Å². The molecule has 0 spiro atoms. The van der Waals surface area contributed by atoms with E-state index in [1.807, 2.05) is 6.07 Å². The van der Waals surface area contributed by atoms with Crippen LogP contribution < -0.4 is 14.8 Å². The first-order valence-corrected chi connectivity index (χ1v) is 10.1. The first-order chi connectivity index (χ1) is 15.4. The number of benzene rings is 3. The average molecular weight is 499 g/mol. The molecule has 8 heteroatoms. The van der Waals surface area contributed by atoms with E-state index in [4.69, 9.17) is 9.47 Å². The molecule has 0 aliphatic carbocycles. The first-order valence-electron chi connectivity index (χ1n) is 9.33. The predicted octanol–water partition coefficient (Wildman–Crippen LogP) is 5.82. The Morgan fingerprint density at radius 1 is 1.16 bits per heavy atom. The van der Waals surface area contributed by atoms with Crippen LogP contribution in [0.5, 0.6) is 11.5 Å². The lowest BCUT2D eigenvalue weighted by atomic mass is 10.0. The van der Waals surface area contributed by atoms with Gasteiger partial charge < -0.3 is 14.8 Å². The standard InChI is InChI=1S/C24H17BrF2N2O3/c1-31-22-12-15(10-16(13-28)19-4-2-3-5-21(19)27)11-20(25)24(22)32-14-23(30)29-18-8-6-17(26)7-9-18/h2-12H,14H2,1H3,(H,29,30)/b16-10-. The molecule has 0 aliphatic rings. The van der Waals surface area contributed by atoms with Gasteiger partial charge in [0, 0.05) is 11.3 Å². The Morgan fingerprint density at radius 2 is 1.88 bits per heavy atom. The SMILES string of the molecule is COc1cc(/C=C(/C#N)c2ccccc2F)cc(Br)c1OCC(=O)Nc1ccc(F)cc1. The van der Waals surface area contributed by atoms with Crippen molar-refractivity contribution in [2.24, 2.45) is 0 Å². The number of nitrogens with zero attached hydrogens (tertiary/aromatic N) is 1. The third kappa shape index (κ3) is 5.71. The fourth-order valence-electron chi connectivity index (χ4n) is 2.85. The van der Waals surface area contributed by atoms with E-state index in [0.29, 0.717) is 21.5 Å². The zero-order valence-corrected chi connectivity index (χ0v) is 18.4. The van der Waals surface area contributed by atoms with Crippen molar-refractivity contribution in [3.63, 3.8) is 0 Å². The molecule has 3 aromatic carbocycles. The second-order valence-electron chi connectivity index (χ2n) is 6.53. The summed E-state index contributed by atoms with van der Waals surface area (Å²) in [6.07, 6.45) is 1.52. The number of amides is 1. The zero-order valence-electron chi connectivity index (χ0n) is 16.9. The molecule has 3 rings (SSSR count). The van der Waals surface area contributed by atoms with Crippen LogP contribution in [0.2, 0.25) is 0 Å². The van der Waals surface area contributed by atoms with Crippen LogP contribution in [-0.2, 0) is 4.79 Å². The number of anilines is 1. The van der Waals surface area contributed by atoms with Gasteiger partial charge in [0.15, 0.2) is 18.1 Å². The summed E-state index contributed by atoms with van der Waals surface area (Å²) < 4.78 is 38.5. The summed E-state index contributed by atoms with van der Waals surface area (Å²) in [5, 5.41) is 12.1. The van der Waals surface area contributed by atoms with Gasteiger partial charge in [-0.05, 0) is 70.0 Å². The minimum Gasteiger partial charge on any atom is -0.493 e. The first kappa shape index (κ1) is 23.0. The molecule has 0 saturated heterocycles. The summed E-state index contributed by atoms with van der Waals surface area (Å²) in [5.74, 6) is -0.759. The number of carbonyl (C=O) groups is 1. The molecule has 0 heterocycles. The maximum Gasteiger partial charge on any atom is 0.262 e. The largest absolute Gasteiger partial charge is 0.493 e. The Morgan fingerprint density at radius 3 is 2.53 bits per heavy atom. The molecule has 0 fully saturated rings. The Hall–Kier alpha value is -3.70. The summed E-state index contributed by atoms with van der Waals surface area (Å²) in [4.78, 5) is 12.2. The molecule has 1 N–H and O–H groups in total. The van der Waals surface area contributed by atoms with Gasteiger partial charge in [0.2, 0.25) is 0 Å². The lowest BCUT2D eigenvalue weighted by Gasteiger charge is -2.14. The molecule has 162 valence electrons. The number of nitrogens with one attached hydrogen (secondary N) is 1. The van der Waals surface area contributed by atoms with Gasteiger partial charge in [0.05, 0.1) is 23.2 Å². The summed E-state index contributed by atoms with van der Waals surface area (Å²) in [6, 6.07) is 16.6. The monoisotopic (exact) mass is 498 g/mol. The summed E-state index contributed by atoms with van der Waals surface area (Å²) >= 11 is 3.38. The molecule has 0 aliphatic heterocycles. The van der Waals surface area contributed by atoms with Gasteiger partial charge in [-0.2, -0.15) is 5.26 Å². The number of carbonyl (C=O) groups excluding carboxylic acids is 1. The number of nitriles is 1. The van der Waals surface area contributed by atoms with Crippen LogP contribution in [0.25, 0.3) is 11.6 Å². The molecule has 0 saturated carbocycles. The highest BCUT2D eigenvalue weighted by molar-refractivity contribution is 9.10. The van der Waals surface area contributed by atoms with Gasteiger partial charge in [-0.3, -0.25) is 4.79 Å². The van der Waals surface area contributed by atoms with Crippen molar-refractivity contribution >= 4 is 39.2 Å². The minimum atomic E-state index is -0.501. The quantitative estimate of drug-likeness (QED) is 0.329. The van der Waals surface area contributed by atoms with Crippen molar-refractivity contribution in [2.75, 3.05) is 19.0 Å². The van der Waals surface area contributed by atoms with Gasteiger partial charge in [0.1, 0.15) is 11.6 Å². The number of ether oxygens (including phenoxy) is 2. The number of methoxy groups -OCH3 is 1. The maximum atomic E-state index is 14.1. The molecule has 32 heavy (non-hydrogen) atoms. The maximum absolute atomic E-state index is 14.1. The highest BCUT2D eigenvalue weighted by Crippen LogP contribution is 2.37. The Bertz CT molecular complexity index is 1200. The molecule has 1 amide bonds. The third-order valence-electron chi connectivity index (χ3n) is 4.32. The average Bonchev–Trinajstić information content (AvgIpc) is 2.78. The van der Waals surface area contributed by atoms with Crippen LogP contribution in [-0.4, -0.2) is 19.6 Å². The van der Waals surface area contributed by atoms with Crippen molar-refractivity contribution in [3.05, 3.63) is 87.9 Å². The van der Waals surface area contributed by atoms with E-state index < -0.39 is 17.5 Å². The van der Waals surface area contributed by atoms with Crippen LogP contribution in [0.4, 0.5) is 14.5 Å². The topological polar surface area (TPSA) is 71.3 Å². The van der Waals surface area contributed by atoms with Crippen LogP contribution in [0.3, 0.4) is 0 Å². The van der Waals surface area contributed by atoms with Crippen LogP contribution in [0.1, 0.15) is 11.1 Å². The van der Waals surface area contributed by atoms with Crippen molar-refractivity contribution < 1.29 is 23.0 Å². The highest BCUT2D eigenvalue weighted by atomic mass is 79.9. The van der Waals surface area contributed by atoms with Crippen LogP contribution in [0, 0.1) is 23.0 Å². The normalized spacial score (nSPS) is 10.9. The van der Waals surface area contributed by atoms with Gasteiger partial charge in [0.25, 0.3) is 5.91 Å². The molecule has 5 nitrogen and oxygen atoms in total. The highest BCUT2D eigenvalue weighted by Gasteiger charge is 2.15. The van der Waals surface area contributed by atoms with E-state index in [1.165, 1.54) is 49.6 Å². The zero-order chi connectivity index (χ0) is 23.1. The van der Waals surface area contributed by atoms with Crippen LogP contribution >= 0.6 is 15.9 Å². The molecule has 0 unspecified atom stereocenters. The fourth-order valence-corrected chi connectivity index (χ4v) is 3.42. The number of allylic oxidation sites excluding steroid dienone is 1. The number of hydrogen-bond acceptors (Lipinski definition) is 4. The van der Waals surface area contributed by atoms with Crippen molar-refractivity contribution in [1.29, 1.82) is 5.26 Å². The summed E-state index contributed by atoms with van der Waals surface area (Å²) in [5.41, 5.74) is 1.33. The van der Waals surface area contributed by atoms with Gasteiger partial charge in [-0.15, -0.1) is 0 Å². The van der Waals surface area contributed by atoms with Crippen LogP contribution in [0.15, 0.2) is 65.1 Å². The molecular formula is C24H17BrF2N2O3. The van der Waals surface area contributed by atoms with Crippen molar-refractivity contribution in [2.45, 2.75) is 0 Å². The molecule has 0 atom stereocenters. The van der Waals surface area contributed by atoms with E-state index in [2.05, 4.69) is 21.2 Å². The smallest absolute Gasteiger partial charge is 0.262 e. The Labute approximate surface area is 192 Å². The second-order valence-corrected chi connectivity index (χ2v) is 7.38. The van der Waals surface area contributed by atoms with E-state index in [0.717, 1.165) is 0 Å². The molecular weight excluding hydrogens is 482 g/mol. The molecule has 0 bridgehead atoms. The van der Waals surface area contributed by atoms with Gasteiger partial charge in [-0.25, -0.2) is 8.78 Å². The minimum absolute atomic E-state index is 0.143. The van der Waals surface area contributed by atoms with Gasteiger partial charge in [-0.1, -0.05) is 18.2 Å². The predicted molar refractivity (Wildman–Crippen MR) is 121 cm³/mol. The molecule has 0 radical (unpaired) electrons. The van der Waals surface area contributed by atoms with E-state index in [-0.39, 0.29) is 23.5 Å². The lowest BCUT2D eigenvalue weighted by Crippen LogP contribution is -2.20. The van der Waals surface area contributed by atoms with E-state index in [9.17, 15) is 18.8 Å². The third-order valence-corrected chi connectivity index (χ3v) is 4.91. The summed E-state index contributed by atoms with van der Waals surface area (Å²) in [7, 11) is 1.43. The Balaban J connectivity index is 1.79. The lowest BCUT2D eigenvalue weighted by molar-refractivity contribution is -0.118. The molecule has 3 aromatic rings. The number of halogens is 3. The summed E-state index contributed by atoms with van der Waals surface area (Å²) in [6.45, 7) is -0.319.